The lowest BCUT2D eigenvalue weighted by molar-refractivity contribution is -0.150. The summed E-state index contributed by atoms with van der Waals surface area (Å²) in [6, 6.07) is 15.7. The Morgan fingerprint density at radius 2 is 1.64 bits per heavy atom. The fourth-order valence-corrected chi connectivity index (χ4v) is 3.24. The van der Waals surface area contributed by atoms with Crippen LogP contribution in [-0.2, 0) is 5.72 Å². The van der Waals surface area contributed by atoms with E-state index in [1.165, 1.54) is 4.90 Å². The van der Waals surface area contributed by atoms with Crippen LogP contribution in [-0.4, -0.2) is 23.0 Å². The van der Waals surface area contributed by atoms with E-state index >= 15 is 0 Å². The summed E-state index contributed by atoms with van der Waals surface area (Å²) in [5, 5.41) is 11.3. The number of carbonyl (C=O) groups is 1. The van der Waals surface area contributed by atoms with Crippen LogP contribution in [0.25, 0.3) is 11.1 Å². The smallest absolute Gasteiger partial charge is 0.256 e. The van der Waals surface area contributed by atoms with E-state index in [-0.39, 0.29) is 5.91 Å². The van der Waals surface area contributed by atoms with E-state index in [2.05, 4.69) is 0 Å². The third-order valence-electron chi connectivity index (χ3n) is 4.57. The Labute approximate surface area is 131 Å². The summed E-state index contributed by atoms with van der Waals surface area (Å²) in [6.07, 6.45) is 0. The fraction of sp³-hybridized carbons (Fsp3) is 0.316. The molecule has 0 aliphatic carbocycles. The summed E-state index contributed by atoms with van der Waals surface area (Å²) in [5.41, 5.74) is 1.56. The Morgan fingerprint density at radius 1 is 1.00 bits per heavy atom. The van der Waals surface area contributed by atoms with E-state index in [0.29, 0.717) is 11.1 Å². The average Bonchev–Trinajstić information content (AvgIpc) is 2.70. The molecule has 114 valence electrons. The number of benzene rings is 2. The van der Waals surface area contributed by atoms with E-state index in [4.69, 9.17) is 0 Å². The molecule has 0 radical (unpaired) electrons. The first kappa shape index (κ1) is 14.8. The monoisotopic (exact) mass is 295 g/mol. The highest BCUT2D eigenvalue weighted by Gasteiger charge is 2.53. The van der Waals surface area contributed by atoms with Crippen molar-refractivity contribution >= 4 is 5.91 Å². The summed E-state index contributed by atoms with van der Waals surface area (Å²) in [7, 11) is 1.66. The van der Waals surface area contributed by atoms with E-state index in [9.17, 15) is 9.90 Å². The van der Waals surface area contributed by atoms with Crippen molar-refractivity contribution in [1.29, 1.82) is 0 Å². The number of rotatable bonds is 1. The molecule has 1 N–H and O–H groups in total. The van der Waals surface area contributed by atoms with Gasteiger partial charge in [-0.05, 0) is 23.3 Å². The molecule has 22 heavy (non-hydrogen) atoms. The number of carbonyl (C=O) groups excluding carboxylic acids is 1. The largest absolute Gasteiger partial charge is 0.366 e. The minimum atomic E-state index is -1.30. The Kier molecular flexibility index (Phi) is 3.15. The van der Waals surface area contributed by atoms with Crippen molar-refractivity contribution in [3.63, 3.8) is 0 Å². The lowest BCUT2D eigenvalue weighted by Gasteiger charge is -2.42. The minimum absolute atomic E-state index is 0.132. The first-order valence-electron chi connectivity index (χ1n) is 7.47. The Bertz CT molecular complexity index is 731. The fourth-order valence-electron chi connectivity index (χ4n) is 3.24. The van der Waals surface area contributed by atoms with Gasteiger partial charge in [0.15, 0.2) is 5.72 Å². The predicted molar refractivity (Wildman–Crippen MR) is 87.3 cm³/mol. The Morgan fingerprint density at radius 3 is 2.23 bits per heavy atom. The molecule has 0 saturated heterocycles. The van der Waals surface area contributed by atoms with Crippen LogP contribution in [0.1, 0.15) is 36.7 Å². The van der Waals surface area contributed by atoms with Gasteiger partial charge in [-0.2, -0.15) is 0 Å². The van der Waals surface area contributed by atoms with Crippen molar-refractivity contribution in [2.75, 3.05) is 7.05 Å². The SMILES string of the molecule is CN1C(=O)c2ccc(-c3ccccc3)cc2C1(O)C(C)(C)C. The zero-order chi connectivity index (χ0) is 16.1. The van der Waals surface area contributed by atoms with Crippen LogP contribution in [0.5, 0.6) is 0 Å². The van der Waals surface area contributed by atoms with Crippen molar-refractivity contribution in [3.05, 3.63) is 59.7 Å². The summed E-state index contributed by atoms with van der Waals surface area (Å²) in [5.74, 6) is -0.132. The molecular weight excluding hydrogens is 274 g/mol. The molecule has 0 fully saturated rings. The van der Waals surface area contributed by atoms with Crippen LogP contribution < -0.4 is 0 Å². The summed E-state index contributed by atoms with van der Waals surface area (Å²) in [4.78, 5) is 13.9. The molecule has 1 amide bonds. The van der Waals surface area contributed by atoms with Crippen LogP contribution in [0.4, 0.5) is 0 Å². The van der Waals surface area contributed by atoms with Gasteiger partial charge < -0.3 is 10.0 Å². The number of aliphatic hydroxyl groups is 1. The van der Waals surface area contributed by atoms with Crippen LogP contribution in [0.15, 0.2) is 48.5 Å². The van der Waals surface area contributed by atoms with Crippen LogP contribution in [0.2, 0.25) is 0 Å². The normalized spacial score (nSPS) is 21.1. The maximum atomic E-state index is 12.5. The maximum absolute atomic E-state index is 12.5. The van der Waals surface area contributed by atoms with E-state index in [0.717, 1.165) is 11.1 Å². The Balaban J connectivity index is 2.22. The first-order valence-corrected chi connectivity index (χ1v) is 7.47. The molecule has 0 bridgehead atoms. The van der Waals surface area contributed by atoms with Crippen molar-refractivity contribution < 1.29 is 9.90 Å². The molecule has 1 aliphatic heterocycles. The molecule has 3 heteroatoms. The van der Waals surface area contributed by atoms with E-state index < -0.39 is 11.1 Å². The quantitative estimate of drug-likeness (QED) is 0.872. The van der Waals surface area contributed by atoms with Gasteiger partial charge in [0.25, 0.3) is 5.91 Å². The molecule has 1 atom stereocenters. The number of amides is 1. The van der Waals surface area contributed by atoms with Crippen molar-refractivity contribution in [2.45, 2.75) is 26.5 Å². The van der Waals surface area contributed by atoms with Gasteiger partial charge in [-0.3, -0.25) is 4.79 Å². The standard InChI is InChI=1S/C19H21NO2/c1-18(2,3)19(22)16-12-14(13-8-6-5-7-9-13)10-11-15(16)17(21)20(19)4/h5-12,22H,1-4H3. The van der Waals surface area contributed by atoms with Crippen molar-refractivity contribution in [3.8, 4) is 11.1 Å². The second-order valence-corrected chi connectivity index (χ2v) is 6.91. The highest BCUT2D eigenvalue weighted by Crippen LogP contribution is 2.48. The summed E-state index contributed by atoms with van der Waals surface area (Å²) >= 11 is 0. The summed E-state index contributed by atoms with van der Waals surface area (Å²) < 4.78 is 0. The maximum Gasteiger partial charge on any atom is 0.256 e. The Hall–Kier alpha value is -2.13. The molecule has 3 rings (SSSR count). The topological polar surface area (TPSA) is 40.5 Å². The lowest BCUT2D eigenvalue weighted by atomic mass is 9.78. The predicted octanol–water partition coefficient (Wildman–Crippen LogP) is 3.63. The molecule has 1 aliphatic rings. The van der Waals surface area contributed by atoms with Gasteiger partial charge in [-0.15, -0.1) is 0 Å². The van der Waals surface area contributed by atoms with Gasteiger partial charge in [0.05, 0.1) is 0 Å². The van der Waals surface area contributed by atoms with Crippen molar-refractivity contribution in [1.82, 2.24) is 4.90 Å². The molecule has 2 aromatic rings. The molecule has 1 heterocycles. The van der Waals surface area contributed by atoms with E-state index in [1.54, 1.807) is 7.05 Å². The van der Waals surface area contributed by atoms with Gasteiger partial charge in [-0.25, -0.2) is 0 Å². The molecule has 1 unspecified atom stereocenters. The molecule has 0 saturated carbocycles. The lowest BCUT2D eigenvalue weighted by Crippen LogP contribution is -2.50. The molecule has 0 aromatic heterocycles. The average molecular weight is 295 g/mol. The second kappa shape index (κ2) is 4.68. The van der Waals surface area contributed by atoms with Gasteiger partial charge in [0.2, 0.25) is 0 Å². The molecule has 2 aromatic carbocycles. The molecule has 0 spiro atoms. The van der Waals surface area contributed by atoms with Gasteiger partial charge in [0, 0.05) is 23.6 Å². The van der Waals surface area contributed by atoms with Gasteiger partial charge in [0.1, 0.15) is 0 Å². The number of hydrogen-bond donors (Lipinski definition) is 1. The molecule has 3 nitrogen and oxygen atoms in total. The first-order chi connectivity index (χ1) is 10.3. The second-order valence-electron chi connectivity index (χ2n) is 6.91. The third-order valence-corrected chi connectivity index (χ3v) is 4.57. The van der Waals surface area contributed by atoms with Crippen LogP contribution in [0, 0.1) is 5.41 Å². The van der Waals surface area contributed by atoms with E-state index in [1.807, 2.05) is 69.3 Å². The number of nitrogens with zero attached hydrogens (tertiary/aromatic N) is 1. The van der Waals surface area contributed by atoms with Crippen molar-refractivity contribution in [2.24, 2.45) is 5.41 Å². The minimum Gasteiger partial charge on any atom is -0.366 e. The van der Waals surface area contributed by atoms with Gasteiger partial charge >= 0.3 is 0 Å². The molecular formula is C19H21NO2. The zero-order valence-electron chi connectivity index (χ0n) is 13.4. The number of hydrogen-bond acceptors (Lipinski definition) is 2. The van der Waals surface area contributed by atoms with Crippen LogP contribution >= 0.6 is 0 Å². The number of fused-ring (bicyclic) bond motifs is 1. The van der Waals surface area contributed by atoms with Crippen LogP contribution in [0.3, 0.4) is 0 Å². The summed E-state index contributed by atoms with van der Waals surface area (Å²) in [6.45, 7) is 5.84. The highest BCUT2D eigenvalue weighted by atomic mass is 16.3. The third kappa shape index (κ3) is 1.89. The highest BCUT2D eigenvalue weighted by molar-refractivity contribution is 6.00. The van der Waals surface area contributed by atoms with Gasteiger partial charge in [-0.1, -0.05) is 57.2 Å². The zero-order valence-corrected chi connectivity index (χ0v) is 13.4.